The molecule has 348 valence electrons. The summed E-state index contributed by atoms with van der Waals surface area (Å²) in [5, 5.41) is 41.7. The van der Waals surface area contributed by atoms with E-state index in [4.69, 9.17) is 21.9 Å². The Balaban J connectivity index is 1.31. The highest BCUT2D eigenvalue weighted by Crippen LogP contribution is 2.46. The summed E-state index contributed by atoms with van der Waals surface area (Å²) in [5.74, 6) is -3.95. The van der Waals surface area contributed by atoms with Gasteiger partial charge in [-0.05, 0) is 71.6 Å². The first-order valence-electron chi connectivity index (χ1n) is 17.3. The van der Waals surface area contributed by atoms with Crippen molar-refractivity contribution in [3.8, 4) is 11.5 Å². The third-order valence-electron chi connectivity index (χ3n) is 8.41. The van der Waals surface area contributed by atoms with Gasteiger partial charge in [-0.15, -0.1) is 15.3 Å². The fourth-order valence-corrected chi connectivity index (χ4v) is 9.28. The molecular weight excluding hydrogens is 1000 g/mol. The van der Waals surface area contributed by atoms with E-state index >= 15 is 0 Å². The Morgan fingerprint density at radius 3 is 1.92 bits per heavy atom. The van der Waals surface area contributed by atoms with Crippen molar-refractivity contribution < 1.29 is 74.7 Å². The largest absolute Gasteiger partial charge is 0.505 e. The van der Waals surface area contributed by atoms with Crippen LogP contribution < -0.4 is 16.4 Å². The van der Waals surface area contributed by atoms with E-state index in [9.17, 15) is 66.0 Å². The highest BCUT2D eigenvalue weighted by atomic mass is 35.5. The van der Waals surface area contributed by atoms with Crippen molar-refractivity contribution >= 4 is 125 Å². The van der Waals surface area contributed by atoms with Gasteiger partial charge >= 0.3 is 10.4 Å². The van der Waals surface area contributed by atoms with Gasteiger partial charge in [0.25, 0.3) is 30.4 Å². The number of benzene rings is 5. The Morgan fingerprint density at radius 2 is 1.27 bits per heavy atom. The molecule has 10 N–H and O–H groups in total. The van der Waals surface area contributed by atoms with Crippen LogP contribution in [-0.2, 0) is 54.8 Å². The number of aromatic hydroxyl groups is 2. The summed E-state index contributed by atoms with van der Waals surface area (Å²) in [4.78, 5) is 8.10. The van der Waals surface area contributed by atoms with Gasteiger partial charge in [0, 0.05) is 5.69 Å². The van der Waals surface area contributed by atoms with E-state index in [1.807, 2.05) is 0 Å². The van der Waals surface area contributed by atoms with E-state index in [2.05, 4.69) is 50.2 Å². The molecule has 66 heavy (non-hydrogen) atoms. The first kappa shape index (κ1) is 48.9. The van der Waals surface area contributed by atoms with Gasteiger partial charge in [0.05, 0.1) is 39.7 Å². The van der Waals surface area contributed by atoms with Crippen LogP contribution in [0.1, 0.15) is 0 Å². The molecule has 0 unspecified atom stereocenters. The zero-order valence-electron chi connectivity index (χ0n) is 32.2. The molecule has 0 aliphatic heterocycles. The number of phenols is 2. The van der Waals surface area contributed by atoms with Crippen LogP contribution in [0.15, 0.2) is 119 Å². The van der Waals surface area contributed by atoms with Crippen molar-refractivity contribution in [2.45, 2.75) is 19.6 Å². The zero-order chi connectivity index (χ0) is 48.6. The molecular formula is C33H27ClN10O17S5. The number of sulfone groups is 1. The van der Waals surface area contributed by atoms with Crippen molar-refractivity contribution in [1.82, 2.24) is 15.0 Å². The van der Waals surface area contributed by atoms with E-state index < -0.39 is 122 Å². The average Bonchev–Trinajstić information content (AvgIpc) is 3.19. The molecule has 5 aromatic carbocycles. The summed E-state index contributed by atoms with van der Waals surface area (Å²) in [6.07, 6.45) is 0. The summed E-state index contributed by atoms with van der Waals surface area (Å²) in [7, 11) is -24.8. The lowest BCUT2D eigenvalue weighted by atomic mass is 10.1. The SMILES string of the molecule is Nc1c(N=Nc2cccc(Nc3nc(Cl)nc(Nc4cc(S(=O)(=O)CCOS(=O)(=O)O)cc(S(=O)(=O)O)c4O)n3)c2)c(S(=O)(=O)O)cc2ccc(N=Nc3ccccc3S(=O)(=O)O)c(O)c12. The van der Waals surface area contributed by atoms with E-state index in [1.54, 1.807) is 0 Å². The molecule has 0 radical (unpaired) electrons. The predicted molar refractivity (Wildman–Crippen MR) is 230 cm³/mol. The molecule has 1 aromatic heterocycles. The molecule has 1 heterocycles. The highest BCUT2D eigenvalue weighted by Gasteiger charge is 2.27. The van der Waals surface area contributed by atoms with Crippen LogP contribution in [0.5, 0.6) is 11.5 Å². The first-order chi connectivity index (χ1) is 30.6. The number of nitrogen functional groups attached to an aromatic ring is 1. The quantitative estimate of drug-likeness (QED) is 0.0256. The minimum absolute atomic E-state index is 0.0220. The highest BCUT2D eigenvalue weighted by molar-refractivity contribution is 7.91. The summed E-state index contributed by atoms with van der Waals surface area (Å²) in [5.41, 5.74) is 3.93. The number of nitrogens with two attached hydrogens (primary N) is 1. The number of azo groups is 2. The number of phenolic OH excluding ortho intramolecular Hbond substituents is 2. The Labute approximate surface area is 376 Å². The van der Waals surface area contributed by atoms with Gasteiger partial charge in [0.2, 0.25) is 17.2 Å². The van der Waals surface area contributed by atoms with E-state index in [0.717, 1.165) is 12.1 Å². The van der Waals surface area contributed by atoms with Crippen molar-refractivity contribution in [3.05, 3.63) is 84.1 Å². The summed E-state index contributed by atoms with van der Waals surface area (Å²) in [6.45, 7) is -1.11. The van der Waals surface area contributed by atoms with Crippen LogP contribution in [0.25, 0.3) is 10.8 Å². The number of hydrogen-bond acceptors (Lipinski definition) is 23. The lowest BCUT2D eigenvalue weighted by molar-refractivity contribution is 0.284. The number of rotatable bonds is 16. The minimum Gasteiger partial charge on any atom is -0.505 e. The zero-order valence-corrected chi connectivity index (χ0v) is 37.1. The third kappa shape index (κ3) is 11.6. The third-order valence-corrected chi connectivity index (χ3v) is 13.3. The van der Waals surface area contributed by atoms with Crippen LogP contribution in [0.3, 0.4) is 0 Å². The molecule has 6 aromatic rings. The van der Waals surface area contributed by atoms with E-state index in [1.165, 1.54) is 54.6 Å². The molecule has 27 nitrogen and oxygen atoms in total. The van der Waals surface area contributed by atoms with Gasteiger partial charge in [0.1, 0.15) is 31.7 Å². The fourth-order valence-electron chi connectivity index (χ4n) is 5.59. The number of hydrogen-bond donors (Lipinski definition) is 9. The Kier molecular flexibility index (Phi) is 13.6. The monoisotopic (exact) mass is 1030 g/mol. The Morgan fingerprint density at radius 1 is 0.636 bits per heavy atom. The summed E-state index contributed by atoms with van der Waals surface area (Å²) in [6, 6.07) is 14.9. The standard InChI is InChI=1S/C33H27ClN10O17S5/c34-31-38-32(40-33(39-31)37-22-14-19(15-25(29(22)45)65(55,56)57)62(47,48)11-10-61-66(58,59)60)36-17-4-3-5-18(13-17)41-44-28-24(64(52,53)54)12-16-8-9-21(30(46)26(16)27(28)35)43-42-20-6-1-2-7-23(20)63(49,50)51/h1-9,12-15,45-46H,10-11,35H2,(H,49,50,51)(H,52,53,54)(H,55,56,57)(H,58,59,60)(H2,36,37,38,39,40). The van der Waals surface area contributed by atoms with E-state index in [0.29, 0.717) is 12.1 Å². The number of aromatic nitrogens is 3. The number of fused-ring (bicyclic) bond motifs is 1. The molecule has 0 fully saturated rings. The summed E-state index contributed by atoms with van der Waals surface area (Å²) >= 11 is 6.08. The maximum absolute atomic E-state index is 12.9. The molecule has 0 aliphatic rings. The van der Waals surface area contributed by atoms with Gasteiger partial charge < -0.3 is 26.6 Å². The van der Waals surface area contributed by atoms with Gasteiger partial charge in [-0.1, -0.05) is 24.3 Å². The van der Waals surface area contributed by atoms with Crippen molar-refractivity contribution in [2.24, 2.45) is 20.5 Å². The molecule has 33 heteroatoms. The number of halogens is 1. The molecule has 0 saturated carbocycles. The topological polar surface area (TPSA) is 440 Å². The molecule has 6 rings (SSSR count). The number of nitrogens with zero attached hydrogens (tertiary/aromatic N) is 7. The van der Waals surface area contributed by atoms with Gasteiger partial charge in [0.15, 0.2) is 21.3 Å². The molecule has 0 atom stereocenters. The van der Waals surface area contributed by atoms with Crippen LogP contribution in [-0.4, -0.2) is 97.8 Å². The molecule has 0 amide bonds. The Hall–Kier alpha value is -6.59. The van der Waals surface area contributed by atoms with Gasteiger partial charge in [-0.25, -0.2) is 12.6 Å². The maximum atomic E-state index is 12.9. The van der Waals surface area contributed by atoms with Crippen molar-refractivity contribution in [3.63, 3.8) is 0 Å². The lowest BCUT2D eigenvalue weighted by Crippen LogP contribution is -2.16. The molecule has 0 saturated heterocycles. The van der Waals surface area contributed by atoms with Crippen molar-refractivity contribution in [2.75, 3.05) is 28.7 Å². The second kappa shape index (κ2) is 18.4. The smallest absolute Gasteiger partial charge is 0.397 e. The molecule has 0 aliphatic carbocycles. The first-order valence-corrected chi connectivity index (χ1v) is 25.0. The second-order valence-corrected chi connectivity index (χ2v) is 20.6. The fraction of sp³-hybridized carbons (Fsp3) is 0.0606. The number of anilines is 5. The summed E-state index contributed by atoms with van der Waals surface area (Å²) < 4.78 is 162. The van der Waals surface area contributed by atoms with Crippen LogP contribution >= 0.6 is 11.6 Å². The molecule has 0 bridgehead atoms. The minimum atomic E-state index is -5.32. The molecule has 0 spiro atoms. The van der Waals surface area contributed by atoms with Crippen LogP contribution in [0, 0.1) is 0 Å². The number of nitrogens with one attached hydrogen (secondary N) is 2. The average molecular weight is 1030 g/mol. The normalized spacial score (nSPS) is 12.9. The maximum Gasteiger partial charge on any atom is 0.397 e. The Bertz CT molecular complexity index is 3600. The second-order valence-electron chi connectivity index (χ2n) is 12.9. The lowest BCUT2D eigenvalue weighted by Gasteiger charge is -2.14. The van der Waals surface area contributed by atoms with Crippen LogP contribution in [0.2, 0.25) is 5.28 Å². The van der Waals surface area contributed by atoms with Crippen molar-refractivity contribution in [1.29, 1.82) is 0 Å². The van der Waals surface area contributed by atoms with Gasteiger partial charge in [-0.2, -0.15) is 53.7 Å². The van der Waals surface area contributed by atoms with E-state index in [-0.39, 0.29) is 39.5 Å². The predicted octanol–water partition coefficient (Wildman–Crippen LogP) is 5.32. The van der Waals surface area contributed by atoms with Gasteiger partial charge in [-0.3, -0.25) is 18.2 Å². The van der Waals surface area contributed by atoms with Crippen LogP contribution in [0.4, 0.5) is 51.7 Å².